The fraction of sp³-hybridized carbons (Fsp3) is 0.458. The van der Waals surface area contributed by atoms with E-state index in [-0.39, 0.29) is 11.5 Å². The number of phenols is 1. The van der Waals surface area contributed by atoms with Crippen molar-refractivity contribution in [1.82, 2.24) is 4.90 Å². The van der Waals surface area contributed by atoms with Gasteiger partial charge in [0.25, 0.3) is 0 Å². The van der Waals surface area contributed by atoms with Crippen LogP contribution in [0.4, 0.5) is 0 Å². The zero-order valence-electron chi connectivity index (χ0n) is 18.2. The Labute approximate surface area is 177 Å². The van der Waals surface area contributed by atoms with Crippen LogP contribution in [0.25, 0.3) is 6.08 Å². The summed E-state index contributed by atoms with van der Waals surface area (Å²) in [5, 5.41) is 12.7. The van der Waals surface area contributed by atoms with Crippen LogP contribution < -0.4 is 4.74 Å². The van der Waals surface area contributed by atoms with Gasteiger partial charge in [-0.15, -0.1) is 11.3 Å². The Morgan fingerprint density at radius 3 is 2.34 bits per heavy atom. The summed E-state index contributed by atoms with van der Waals surface area (Å²) in [6, 6.07) is 3.72. The number of allylic oxidation sites excluding steroid dienone is 1. The van der Waals surface area contributed by atoms with Crippen LogP contribution in [0.2, 0.25) is 0 Å². The van der Waals surface area contributed by atoms with Crippen molar-refractivity contribution in [2.45, 2.75) is 48.1 Å². The maximum Gasteiger partial charge on any atom is 0.232 e. The van der Waals surface area contributed by atoms with E-state index in [2.05, 4.69) is 32.6 Å². The summed E-state index contributed by atoms with van der Waals surface area (Å²) >= 11 is 1.59. The van der Waals surface area contributed by atoms with Gasteiger partial charge >= 0.3 is 0 Å². The lowest BCUT2D eigenvalue weighted by atomic mass is 9.99. The topological polar surface area (TPSA) is 49.8 Å². The van der Waals surface area contributed by atoms with Crippen LogP contribution in [0, 0.1) is 25.7 Å². The summed E-state index contributed by atoms with van der Waals surface area (Å²) in [6.07, 6.45) is 1.82. The highest BCUT2D eigenvalue weighted by atomic mass is 32.1. The number of phenolic OH excluding ortho intramolecular Hbond substituents is 1. The maximum atomic E-state index is 13.1. The largest absolute Gasteiger partial charge is 0.507 e. The lowest BCUT2D eigenvalue weighted by Gasteiger charge is -2.27. The number of rotatable bonds is 7. The van der Waals surface area contributed by atoms with Crippen LogP contribution in [0.1, 0.15) is 59.6 Å². The standard InChI is InChI=1S/C24H31NO3S/c1-14(2)11-25(12-15(3)4)13-18-19(26)9-17(6)22-23(27)20(28-24(18)22)10-21-16(5)7-8-29-21/h7-10,14-15,26H,11-13H2,1-6H3/b20-10+. The Balaban J connectivity index is 1.99. The molecule has 2 heterocycles. The molecule has 156 valence electrons. The summed E-state index contributed by atoms with van der Waals surface area (Å²) in [7, 11) is 0. The van der Waals surface area contributed by atoms with Crippen molar-refractivity contribution < 1.29 is 14.6 Å². The zero-order chi connectivity index (χ0) is 21.3. The summed E-state index contributed by atoms with van der Waals surface area (Å²) in [4.78, 5) is 16.4. The molecule has 0 atom stereocenters. The molecule has 2 aromatic rings. The molecule has 1 N–H and O–H groups in total. The first kappa shape index (κ1) is 21.6. The van der Waals surface area contributed by atoms with Crippen molar-refractivity contribution in [3.8, 4) is 11.5 Å². The quantitative estimate of drug-likeness (QED) is 0.583. The molecule has 4 nitrogen and oxygen atoms in total. The Hall–Kier alpha value is -2.11. The molecule has 0 unspecified atom stereocenters. The van der Waals surface area contributed by atoms with E-state index in [1.54, 1.807) is 17.4 Å². The zero-order valence-corrected chi connectivity index (χ0v) is 19.0. The highest BCUT2D eigenvalue weighted by Crippen LogP contribution is 2.42. The lowest BCUT2D eigenvalue weighted by Crippen LogP contribution is -2.31. The molecule has 0 aliphatic carbocycles. The van der Waals surface area contributed by atoms with E-state index in [9.17, 15) is 9.90 Å². The second-order valence-electron chi connectivity index (χ2n) is 8.78. The third-order valence-electron chi connectivity index (χ3n) is 5.01. The summed E-state index contributed by atoms with van der Waals surface area (Å²) < 4.78 is 6.08. The SMILES string of the molecule is Cc1ccsc1/C=C1/Oc2c(CN(CC(C)C)CC(C)C)c(O)cc(C)c2C1=O. The van der Waals surface area contributed by atoms with Crippen LogP contribution in [0.15, 0.2) is 23.3 Å². The highest BCUT2D eigenvalue weighted by molar-refractivity contribution is 7.11. The van der Waals surface area contributed by atoms with Gasteiger partial charge in [0.2, 0.25) is 5.78 Å². The molecule has 0 fully saturated rings. The van der Waals surface area contributed by atoms with Gasteiger partial charge in [0.15, 0.2) is 5.76 Å². The summed E-state index contributed by atoms with van der Waals surface area (Å²) in [5.41, 5.74) is 3.14. The third-order valence-corrected chi connectivity index (χ3v) is 5.98. The number of aryl methyl sites for hydroxylation is 2. The van der Waals surface area contributed by atoms with Crippen molar-refractivity contribution in [2.75, 3.05) is 13.1 Å². The van der Waals surface area contributed by atoms with E-state index in [1.165, 1.54) is 0 Å². The molecular formula is C24H31NO3S. The minimum absolute atomic E-state index is 0.106. The van der Waals surface area contributed by atoms with E-state index in [1.807, 2.05) is 31.4 Å². The number of carbonyl (C=O) groups excluding carboxylic acids is 1. The molecule has 3 rings (SSSR count). The first-order valence-electron chi connectivity index (χ1n) is 10.2. The van der Waals surface area contributed by atoms with Gasteiger partial charge in [0.05, 0.1) is 11.1 Å². The first-order valence-corrected chi connectivity index (χ1v) is 11.1. The fourth-order valence-corrected chi connectivity index (χ4v) is 4.69. The Bertz CT molecular complexity index is 930. The lowest BCUT2D eigenvalue weighted by molar-refractivity contribution is 0.101. The number of hydrogen-bond acceptors (Lipinski definition) is 5. The monoisotopic (exact) mass is 413 g/mol. The molecule has 5 heteroatoms. The van der Waals surface area contributed by atoms with E-state index in [4.69, 9.17) is 4.74 Å². The van der Waals surface area contributed by atoms with Crippen molar-refractivity contribution in [2.24, 2.45) is 11.8 Å². The molecule has 0 amide bonds. The van der Waals surface area contributed by atoms with Crippen molar-refractivity contribution in [3.05, 3.63) is 50.4 Å². The van der Waals surface area contributed by atoms with E-state index in [0.29, 0.717) is 41.0 Å². The number of nitrogens with zero attached hydrogens (tertiary/aromatic N) is 1. The molecule has 1 aromatic heterocycles. The number of carbonyl (C=O) groups is 1. The van der Waals surface area contributed by atoms with E-state index in [0.717, 1.165) is 29.1 Å². The summed E-state index contributed by atoms with van der Waals surface area (Å²) in [5.74, 6) is 1.96. The molecule has 0 spiro atoms. The number of hydrogen-bond donors (Lipinski definition) is 1. The molecule has 0 saturated heterocycles. The molecule has 0 bridgehead atoms. The van der Waals surface area contributed by atoms with Crippen LogP contribution in [0.3, 0.4) is 0 Å². The van der Waals surface area contributed by atoms with Gasteiger partial charge in [0.1, 0.15) is 11.5 Å². The van der Waals surface area contributed by atoms with Gasteiger partial charge in [-0.25, -0.2) is 0 Å². The first-order chi connectivity index (χ1) is 13.7. The minimum Gasteiger partial charge on any atom is -0.507 e. The number of benzene rings is 1. The number of thiophene rings is 1. The molecule has 29 heavy (non-hydrogen) atoms. The Morgan fingerprint density at radius 1 is 1.14 bits per heavy atom. The van der Waals surface area contributed by atoms with Crippen LogP contribution in [-0.4, -0.2) is 28.9 Å². The number of aromatic hydroxyl groups is 1. The van der Waals surface area contributed by atoms with Gasteiger partial charge in [-0.1, -0.05) is 27.7 Å². The maximum absolute atomic E-state index is 13.1. The van der Waals surface area contributed by atoms with E-state index < -0.39 is 0 Å². The molecule has 1 aliphatic heterocycles. The van der Waals surface area contributed by atoms with Gasteiger partial charge in [-0.3, -0.25) is 9.69 Å². The number of ketones is 1. The minimum atomic E-state index is -0.106. The van der Waals surface area contributed by atoms with Crippen molar-refractivity contribution >= 4 is 23.2 Å². The third kappa shape index (κ3) is 4.73. The van der Waals surface area contributed by atoms with Crippen LogP contribution in [-0.2, 0) is 6.54 Å². The van der Waals surface area contributed by atoms with Gasteiger partial charge in [0, 0.05) is 30.6 Å². The molecular weight excluding hydrogens is 382 g/mol. The number of Topliss-reactive ketones (excluding diaryl/α,β-unsaturated/α-hetero) is 1. The summed E-state index contributed by atoms with van der Waals surface area (Å²) in [6.45, 7) is 15.0. The Kier molecular flexibility index (Phi) is 6.49. The van der Waals surface area contributed by atoms with E-state index >= 15 is 0 Å². The van der Waals surface area contributed by atoms with Crippen molar-refractivity contribution in [3.63, 3.8) is 0 Å². The predicted molar refractivity (Wildman–Crippen MR) is 120 cm³/mol. The predicted octanol–water partition coefficient (Wildman–Crippen LogP) is 5.80. The van der Waals surface area contributed by atoms with Crippen LogP contribution >= 0.6 is 11.3 Å². The second-order valence-corrected chi connectivity index (χ2v) is 9.73. The van der Waals surface area contributed by atoms with Gasteiger partial charge < -0.3 is 9.84 Å². The molecule has 1 aromatic carbocycles. The van der Waals surface area contributed by atoms with Gasteiger partial charge in [-0.2, -0.15) is 0 Å². The molecule has 0 saturated carbocycles. The highest BCUT2D eigenvalue weighted by Gasteiger charge is 2.34. The average Bonchev–Trinajstić information content (AvgIpc) is 3.15. The number of fused-ring (bicyclic) bond motifs is 1. The van der Waals surface area contributed by atoms with Gasteiger partial charge in [-0.05, 0) is 54.3 Å². The van der Waals surface area contributed by atoms with Crippen LogP contribution in [0.5, 0.6) is 11.5 Å². The second kappa shape index (κ2) is 8.72. The fourth-order valence-electron chi connectivity index (χ4n) is 3.84. The van der Waals surface area contributed by atoms with Crippen molar-refractivity contribution in [1.29, 1.82) is 0 Å². The average molecular weight is 414 g/mol. The molecule has 1 aliphatic rings. The molecule has 0 radical (unpaired) electrons. The smallest absolute Gasteiger partial charge is 0.232 e. The number of ether oxygens (including phenoxy) is 1. The normalized spacial score (nSPS) is 15.1. The Morgan fingerprint density at radius 2 is 1.79 bits per heavy atom.